The number of rotatable bonds is 2. The fraction of sp³-hybridized carbons (Fsp3) is 1.00. The van der Waals surface area contributed by atoms with E-state index in [2.05, 4.69) is 58.2 Å². The molecule has 0 aromatic carbocycles. The Morgan fingerprint density at radius 1 is 1.09 bits per heavy atom. The summed E-state index contributed by atoms with van der Waals surface area (Å²) in [5.41, 5.74) is 0. The number of thioether (sulfide) groups is 1. The third-order valence-electron chi connectivity index (χ3n) is 6.39. The number of fused-ring (bicyclic) bond motifs is 1. The molecule has 1 saturated heterocycles. The van der Waals surface area contributed by atoms with Crippen molar-refractivity contribution in [3.8, 4) is 0 Å². The summed E-state index contributed by atoms with van der Waals surface area (Å²) in [5, 5.41) is 1.46. The molecular formula is C19H36BNS. The summed E-state index contributed by atoms with van der Waals surface area (Å²) in [6.45, 7) is 14.2. The van der Waals surface area contributed by atoms with Gasteiger partial charge in [-0.1, -0.05) is 51.8 Å². The lowest BCUT2D eigenvalue weighted by Crippen LogP contribution is -2.43. The molecular weight excluding hydrogens is 285 g/mol. The van der Waals surface area contributed by atoms with Gasteiger partial charge in [0.05, 0.1) is 13.2 Å². The lowest BCUT2D eigenvalue weighted by molar-refractivity contribution is 0.135. The summed E-state index contributed by atoms with van der Waals surface area (Å²) < 4.78 is 0. The van der Waals surface area contributed by atoms with Crippen molar-refractivity contribution in [1.82, 2.24) is 4.90 Å². The average Bonchev–Trinajstić information content (AvgIpc) is 2.73. The quantitative estimate of drug-likeness (QED) is 0.618. The maximum absolute atomic E-state index is 6.92. The summed E-state index contributed by atoms with van der Waals surface area (Å²) in [6, 6.07) is 1.42. The van der Waals surface area contributed by atoms with Crippen LogP contribution in [0.15, 0.2) is 0 Å². The molecule has 2 rings (SSSR count). The molecule has 0 bridgehead atoms. The van der Waals surface area contributed by atoms with Gasteiger partial charge in [0.15, 0.2) is 0 Å². The first-order chi connectivity index (χ1) is 10.3. The lowest BCUT2D eigenvalue weighted by atomic mass is 9.52. The van der Waals surface area contributed by atoms with Crippen molar-refractivity contribution in [3.05, 3.63) is 0 Å². The molecule has 0 spiro atoms. The SMILES string of the molecule is [B]C1(C(C)C)CCCCCC2C(CC1C)SC(C)N2C(C)C. The second-order valence-corrected chi connectivity index (χ2v) is 9.95. The van der Waals surface area contributed by atoms with Gasteiger partial charge in [-0.25, -0.2) is 0 Å². The molecule has 1 aliphatic carbocycles. The van der Waals surface area contributed by atoms with Gasteiger partial charge in [0, 0.05) is 17.3 Å². The molecule has 5 unspecified atom stereocenters. The van der Waals surface area contributed by atoms with Gasteiger partial charge in [0.1, 0.15) is 0 Å². The van der Waals surface area contributed by atoms with E-state index < -0.39 is 0 Å². The zero-order chi connectivity index (χ0) is 16.5. The molecule has 1 aliphatic heterocycles. The molecule has 0 aromatic heterocycles. The van der Waals surface area contributed by atoms with Crippen LogP contribution in [-0.4, -0.2) is 35.5 Å². The first kappa shape index (κ1) is 18.7. The molecule has 1 nitrogen and oxygen atoms in total. The first-order valence-electron chi connectivity index (χ1n) is 9.49. The minimum absolute atomic E-state index is 0.0247. The van der Waals surface area contributed by atoms with Crippen LogP contribution in [0.1, 0.15) is 80.1 Å². The molecule has 1 saturated carbocycles. The van der Waals surface area contributed by atoms with Gasteiger partial charge in [-0.05, 0) is 45.4 Å². The van der Waals surface area contributed by atoms with Crippen molar-refractivity contribution in [2.45, 2.75) is 108 Å². The minimum Gasteiger partial charge on any atom is -0.285 e. The van der Waals surface area contributed by atoms with Crippen LogP contribution in [0.4, 0.5) is 0 Å². The molecule has 2 fully saturated rings. The zero-order valence-electron chi connectivity index (χ0n) is 15.6. The molecule has 0 N–H and O–H groups in total. The topological polar surface area (TPSA) is 3.24 Å². The van der Waals surface area contributed by atoms with Crippen LogP contribution >= 0.6 is 11.8 Å². The van der Waals surface area contributed by atoms with Gasteiger partial charge >= 0.3 is 0 Å². The first-order valence-corrected chi connectivity index (χ1v) is 10.4. The van der Waals surface area contributed by atoms with Crippen molar-refractivity contribution in [2.75, 3.05) is 0 Å². The lowest BCUT2D eigenvalue weighted by Gasteiger charge is -2.43. The summed E-state index contributed by atoms with van der Waals surface area (Å²) in [6.07, 6.45) is 7.91. The number of hydrogen-bond acceptors (Lipinski definition) is 2. The normalized spacial score (nSPS) is 41.8. The second-order valence-electron chi connectivity index (χ2n) is 8.39. The Morgan fingerprint density at radius 2 is 1.77 bits per heavy atom. The van der Waals surface area contributed by atoms with Gasteiger partial charge < -0.3 is 0 Å². The Labute approximate surface area is 144 Å². The highest BCUT2D eigenvalue weighted by Crippen LogP contribution is 2.51. The molecule has 2 aliphatic rings. The summed E-state index contributed by atoms with van der Waals surface area (Å²) in [4.78, 5) is 2.78. The minimum atomic E-state index is 0.0247. The molecule has 0 amide bonds. The van der Waals surface area contributed by atoms with Crippen molar-refractivity contribution in [3.63, 3.8) is 0 Å². The van der Waals surface area contributed by atoms with E-state index in [1.54, 1.807) is 0 Å². The fourth-order valence-electron chi connectivity index (χ4n) is 4.86. The van der Waals surface area contributed by atoms with E-state index in [9.17, 15) is 0 Å². The van der Waals surface area contributed by atoms with Gasteiger partial charge in [-0.3, -0.25) is 4.90 Å². The van der Waals surface area contributed by atoms with E-state index in [1.807, 2.05) is 0 Å². The van der Waals surface area contributed by atoms with Crippen molar-refractivity contribution in [1.29, 1.82) is 0 Å². The highest BCUT2D eigenvalue weighted by molar-refractivity contribution is 8.00. The van der Waals surface area contributed by atoms with Crippen LogP contribution in [0.3, 0.4) is 0 Å². The van der Waals surface area contributed by atoms with E-state index in [0.29, 0.717) is 23.3 Å². The van der Waals surface area contributed by atoms with E-state index in [-0.39, 0.29) is 5.31 Å². The van der Waals surface area contributed by atoms with Gasteiger partial charge in [0.2, 0.25) is 0 Å². The van der Waals surface area contributed by atoms with Gasteiger partial charge in [-0.2, -0.15) is 0 Å². The standard InChI is InChI=1S/C19H36BNS/c1-13(2)19(20)11-9-7-8-10-17-18(12-15(19)5)22-16(6)21(17)14(3)4/h13-18H,7-12H2,1-6H3. The second kappa shape index (κ2) is 7.51. The van der Waals surface area contributed by atoms with Crippen LogP contribution in [-0.2, 0) is 0 Å². The Hall–Kier alpha value is 0.375. The largest absolute Gasteiger partial charge is 0.285 e. The Balaban J connectivity index is 2.20. The molecule has 22 heavy (non-hydrogen) atoms. The molecule has 3 heteroatoms. The average molecular weight is 321 g/mol. The van der Waals surface area contributed by atoms with Gasteiger partial charge in [-0.15, -0.1) is 11.8 Å². The Bertz CT molecular complexity index is 359. The number of nitrogens with zero attached hydrogens (tertiary/aromatic N) is 1. The Kier molecular flexibility index (Phi) is 6.39. The van der Waals surface area contributed by atoms with E-state index in [4.69, 9.17) is 7.85 Å². The summed E-state index contributed by atoms with van der Waals surface area (Å²) in [5.74, 6) is 1.19. The van der Waals surface area contributed by atoms with Crippen molar-refractivity contribution in [2.24, 2.45) is 11.8 Å². The third-order valence-corrected chi connectivity index (χ3v) is 7.88. The van der Waals surface area contributed by atoms with Crippen LogP contribution < -0.4 is 0 Å². The fourth-order valence-corrected chi connectivity index (χ4v) is 6.76. The van der Waals surface area contributed by atoms with Crippen LogP contribution in [0, 0.1) is 11.8 Å². The van der Waals surface area contributed by atoms with Crippen LogP contribution in [0.5, 0.6) is 0 Å². The third kappa shape index (κ3) is 3.71. The summed E-state index contributed by atoms with van der Waals surface area (Å²) >= 11 is 2.21. The number of hydrogen-bond donors (Lipinski definition) is 0. The van der Waals surface area contributed by atoms with E-state index >= 15 is 0 Å². The maximum atomic E-state index is 6.92. The molecule has 0 aromatic rings. The van der Waals surface area contributed by atoms with Crippen molar-refractivity contribution >= 4 is 19.6 Å². The smallest absolute Gasteiger partial charge is 0.0753 e. The zero-order valence-corrected chi connectivity index (χ0v) is 16.5. The van der Waals surface area contributed by atoms with Crippen LogP contribution in [0.25, 0.3) is 0 Å². The van der Waals surface area contributed by atoms with E-state index in [0.717, 1.165) is 11.3 Å². The molecule has 2 radical (unpaired) electrons. The monoisotopic (exact) mass is 321 g/mol. The Morgan fingerprint density at radius 3 is 2.36 bits per heavy atom. The van der Waals surface area contributed by atoms with Crippen molar-refractivity contribution < 1.29 is 0 Å². The highest BCUT2D eigenvalue weighted by atomic mass is 32.2. The molecule has 1 heterocycles. The molecule has 5 atom stereocenters. The highest BCUT2D eigenvalue weighted by Gasteiger charge is 2.44. The van der Waals surface area contributed by atoms with Crippen LogP contribution in [0.2, 0.25) is 5.31 Å². The van der Waals surface area contributed by atoms with Gasteiger partial charge in [0.25, 0.3) is 0 Å². The maximum Gasteiger partial charge on any atom is 0.0753 e. The predicted octanol–water partition coefficient (Wildman–Crippen LogP) is 5.50. The summed E-state index contributed by atoms with van der Waals surface area (Å²) in [7, 11) is 6.92. The molecule has 126 valence electrons. The predicted molar refractivity (Wildman–Crippen MR) is 102 cm³/mol. The van der Waals surface area contributed by atoms with E-state index in [1.165, 1.54) is 38.5 Å².